The predicted octanol–water partition coefficient (Wildman–Crippen LogP) is 21.6. The average molecular weight is 1020 g/mol. The first-order valence-corrected chi connectivity index (χ1v) is 31.8. The Hall–Kier alpha value is -2.89. The third-order valence-electron chi connectivity index (χ3n) is 14.0. The van der Waals surface area contributed by atoms with Crippen LogP contribution >= 0.6 is 0 Å². The number of rotatable bonds is 58. The lowest BCUT2D eigenvalue weighted by atomic mass is 10.0. The van der Waals surface area contributed by atoms with Crippen LogP contribution in [0.2, 0.25) is 0 Å². The van der Waals surface area contributed by atoms with Gasteiger partial charge in [-0.1, -0.05) is 287 Å². The van der Waals surface area contributed by atoms with E-state index in [2.05, 4.69) is 81.5 Å². The van der Waals surface area contributed by atoms with Gasteiger partial charge in [0.25, 0.3) is 0 Å². The molecule has 0 aliphatic heterocycles. The van der Waals surface area contributed by atoms with Gasteiger partial charge in [-0.15, -0.1) is 0 Å². The molecule has 424 valence electrons. The fourth-order valence-electron chi connectivity index (χ4n) is 9.25. The van der Waals surface area contributed by atoms with Crippen LogP contribution in [0, 0.1) is 0 Å². The van der Waals surface area contributed by atoms with Crippen molar-refractivity contribution in [2.45, 2.75) is 335 Å². The summed E-state index contributed by atoms with van der Waals surface area (Å²) in [5, 5.41) is 0. The van der Waals surface area contributed by atoms with Gasteiger partial charge in [0.05, 0.1) is 0 Å². The van der Waals surface area contributed by atoms with E-state index in [1.54, 1.807) is 0 Å². The molecule has 6 heteroatoms. The molecule has 0 saturated heterocycles. The summed E-state index contributed by atoms with van der Waals surface area (Å²) in [5.74, 6) is -0.872. The second kappa shape index (κ2) is 61.7. The van der Waals surface area contributed by atoms with E-state index in [1.807, 2.05) is 0 Å². The minimum atomic E-state index is -0.770. The monoisotopic (exact) mass is 1020 g/mol. The Kier molecular flexibility index (Phi) is 59.2. The van der Waals surface area contributed by atoms with Crippen molar-refractivity contribution in [3.63, 3.8) is 0 Å². The zero-order chi connectivity index (χ0) is 52.9. The number of esters is 3. The maximum absolute atomic E-state index is 12.8. The van der Waals surface area contributed by atoms with Crippen LogP contribution in [0.15, 0.2) is 60.8 Å². The molecule has 0 aromatic rings. The summed E-state index contributed by atoms with van der Waals surface area (Å²) in [4.78, 5) is 37.9. The van der Waals surface area contributed by atoms with Crippen molar-refractivity contribution in [1.29, 1.82) is 0 Å². The SMILES string of the molecule is CC/C=C\C/C=C\C/C=C\C/C=C\CCCCCCCCCCCCCCCCC(=O)OCC(COC(=O)CCCCCCC)OC(=O)CCCCCCCCCCCCC/C=C\CCCCCCCCCC. The van der Waals surface area contributed by atoms with Crippen molar-refractivity contribution >= 4 is 17.9 Å². The number of ether oxygens (including phenoxy) is 3. The standard InChI is InChI=1S/C67H120O6/c1-4-7-10-13-15-17-19-21-23-25-27-29-31-32-33-34-36-37-39-41-43-45-47-49-51-54-57-60-66(69)72-63-64(62-71-65(68)59-56-53-12-9-6-3)73-67(70)61-58-55-52-50-48-46-44-42-40-38-35-30-28-26-24-22-20-18-16-14-11-8-5-2/h7,10,15,17,21,23,26-29,64H,4-6,8-9,11-14,16,18-20,22,24-25,30-63H2,1-3H3/b10-7-,17-15-,23-21-,28-26-,29-27-. The second-order valence-corrected chi connectivity index (χ2v) is 21.3. The molecule has 0 bridgehead atoms. The third kappa shape index (κ3) is 59.9. The van der Waals surface area contributed by atoms with Crippen molar-refractivity contribution in [2.24, 2.45) is 0 Å². The Labute approximate surface area is 453 Å². The molecular weight excluding hydrogens is 901 g/mol. The van der Waals surface area contributed by atoms with Gasteiger partial charge in [0, 0.05) is 19.3 Å². The first-order valence-electron chi connectivity index (χ1n) is 31.8. The zero-order valence-corrected chi connectivity index (χ0v) is 48.7. The van der Waals surface area contributed by atoms with Gasteiger partial charge < -0.3 is 14.2 Å². The summed E-state index contributed by atoms with van der Waals surface area (Å²) in [7, 11) is 0. The number of unbranched alkanes of at least 4 members (excludes halogenated alkanes) is 37. The fourth-order valence-corrected chi connectivity index (χ4v) is 9.25. The minimum absolute atomic E-state index is 0.0719. The predicted molar refractivity (Wildman–Crippen MR) is 316 cm³/mol. The number of hydrogen-bond acceptors (Lipinski definition) is 6. The van der Waals surface area contributed by atoms with Gasteiger partial charge in [-0.2, -0.15) is 0 Å². The summed E-state index contributed by atoms with van der Waals surface area (Å²) in [6.45, 7) is 6.48. The summed E-state index contributed by atoms with van der Waals surface area (Å²) < 4.78 is 16.8. The van der Waals surface area contributed by atoms with Crippen LogP contribution in [0.25, 0.3) is 0 Å². The molecule has 1 atom stereocenters. The molecule has 0 spiro atoms. The van der Waals surface area contributed by atoms with Crippen LogP contribution in [0.4, 0.5) is 0 Å². The highest BCUT2D eigenvalue weighted by atomic mass is 16.6. The molecule has 0 N–H and O–H groups in total. The summed E-state index contributed by atoms with van der Waals surface area (Å²) in [5.41, 5.74) is 0. The van der Waals surface area contributed by atoms with Crippen molar-refractivity contribution in [3.8, 4) is 0 Å². The van der Waals surface area contributed by atoms with Crippen molar-refractivity contribution in [2.75, 3.05) is 13.2 Å². The molecular formula is C67H120O6. The molecule has 0 radical (unpaired) electrons. The number of hydrogen-bond donors (Lipinski definition) is 0. The topological polar surface area (TPSA) is 78.9 Å². The molecule has 1 unspecified atom stereocenters. The molecule has 0 amide bonds. The molecule has 0 rings (SSSR count). The molecule has 0 aromatic carbocycles. The lowest BCUT2D eigenvalue weighted by Gasteiger charge is -2.18. The maximum Gasteiger partial charge on any atom is 0.306 e. The van der Waals surface area contributed by atoms with Crippen LogP contribution in [0.5, 0.6) is 0 Å². The highest BCUT2D eigenvalue weighted by molar-refractivity contribution is 5.71. The second-order valence-electron chi connectivity index (χ2n) is 21.3. The van der Waals surface area contributed by atoms with Crippen LogP contribution in [0.3, 0.4) is 0 Å². The van der Waals surface area contributed by atoms with Crippen molar-refractivity contribution < 1.29 is 28.6 Å². The van der Waals surface area contributed by atoms with Gasteiger partial charge in [0.15, 0.2) is 6.10 Å². The molecule has 73 heavy (non-hydrogen) atoms. The quantitative estimate of drug-likeness (QED) is 0.0261. The van der Waals surface area contributed by atoms with Crippen molar-refractivity contribution in [3.05, 3.63) is 60.8 Å². The minimum Gasteiger partial charge on any atom is -0.462 e. The Morgan fingerprint density at radius 1 is 0.288 bits per heavy atom. The Balaban J connectivity index is 4.01. The van der Waals surface area contributed by atoms with Crippen LogP contribution in [-0.4, -0.2) is 37.2 Å². The fraction of sp³-hybridized carbons (Fsp3) is 0.806. The zero-order valence-electron chi connectivity index (χ0n) is 48.7. The molecule has 0 fully saturated rings. The van der Waals surface area contributed by atoms with E-state index >= 15 is 0 Å². The molecule has 0 aromatic heterocycles. The lowest BCUT2D eigenvalue weighted by Crippen LogP contribution is -2.30. The van der Waals surface area contributed by atoms with E-state index in [4.69, 9.17) is 14.2 Å². The first kappa shape index (κ1) is 70.1. The maximum atomic E-state index is 12.8. The highest BCUT2D eigenvalue weighted by Crippen LogP contribution is 2.17. The van der Waals surface area contributed by atoms with E-state index < -0.39 is 6.10 Å². The van der Waals surface area contributed by atoms with Gasteiger partial charge in [0.2, 0.25) is 0 Å². The van der Waals surface area contributed by atoms with Gasteiger partial charge in [0.1, 0.15) is 13.2 Å². The lowest BCUT2D eigenvalue weighted by molar-refractivity contribution is -0.167. The summed E-state index contributed by atoms with van der Waals surface area (Å²) >= 11 is 0. The van der Waals surface area contributed by atoms with Crippen LogP contribution in [0.1, 0.15) is 329 Å². The average Bonchev–Trinajstić information content (AvgIpc) is 3.39. The summed E-state index contributed by atoms with van der Waals surface area (Å²) in [6, 6.07) is 0. The number of carbonyl (C=O) groups is 3. The Morgan fingerprint density at radius 3 is 0.849 bits per heavy atom. The molecule has 0 heterocycles. The van der Waals surface area contributed by atoms with Crippen molar-refractivity contribution in [1.82, 2.24) is 0 Å². The van der Waals surface area contributed by atoms with E-state index in [0.717, 1.165) is 89.9 Å². The van der Waals surface area contributed by atoms with Gasteiger partial charge in [-0.3, -0.25) is 14.4 Å². The van der Waals surface area contributed by atoms with Gasteiger partial charge in [-0.25, -0.2) is 0 Å². The van der Waals surface area contributed by atoms with E-state index in [0.29, 0.717) is 19.3 Å². The normalized spacial score (nSPS) is 12.4. The molecule has 6 nitrogen and oxygen atoms in total. The Morgan fingerprint density at radius 2 is 0.534 bits per heavy atom. The first-order chi connectivity index (χ1) is 36.0. The van der Waals surface area contributed by atoms with Crippen LogP contribution < -0.4 is 0 Å². The van der Waals surface area contributed by atoms with Gasteiger partial charge in [-0.05, 0) is 83.5 Å². The number of carbonyl (C=O) groups excluding carboxylic acids is 3. The molecule has 0 saturated carbocycles. The highest BCUT2D eigenvalue weighted by Gasteiger charge is 2.19. The number of allylic oxidation sites excluding steroid dienone is 10. The third-order valence-corrected chi connectivity index (χ3v) is 14.0. The molecule has 0 aliphatic carbocycles. The Bertz CT molecular complexity index is 1310. The van der Waals surface area contributed by atoms with Crippen LogP contribution in [-0.2, 0) is 28.6 Å². The van der Waals surface area contributed by atoms with E-state index in [-0.39, 0.29) is 31.1 Å². The summed E-state index contributed by atoms with van der Waals surface area (Å²) in [6.07, 6.45) is 78.5. The van der Waals surface area contributed by atoms with E-state index in [9.17, 15) is 14.4 Å². The molecule has 0 aliphatic rings. The smallest absolute Gasteiger partial charge is 0.306 e. The van der Waals surface area contributed by atoms with E-state index in [1.165, 1.54) is 199 Å². The largest absolute Gasteiger partial charge is 0.462 e. The van der Waals surface area contributed by atoms with Gasteiger partial charge >= 0.3 is 17.9 Å².